The molecule has 1 saturated heterocycles. The highest BCUT2D eigenvalue weighted by Gasteiger charge is 2.22. The number of nitrogens with zero attached hydrogens (tertiary/aromatic N) is 1. The highest BCUT2D eigenvalue weighted by atomic mass is 32.1. The minimum Gasteiger partial charge on any atom is -0.371 e. The van der Waals surface area contributed by atoms with E-state index in [1.54, 1.807) is 0 Å². The zero-order chi connectivity index (χ0) is 19.7. The van der Waals surface area contributed by atoms with Crippen LogP contribution in [0.15, 0.2) is 47.8 Å². The van der Waals surface area contributed by atoms with Crippen LogP contribution in [-0.2, 0) is 0 Å². The smallest absolute Gasteiger partial charge is 0.266 e. The molecule has 4 rings (SSSR count). The first kappa shape index (κ1) is 18.8. The van der Waals surface area contributed by atoms with Crippen LogP contribution < -0.4 is 10.2 Å². The Morgan fingerprint density at radius 1 is 1.00 bits per heavy atom. The van der Waals surface area contributed by atoms with Crippen LogP contribution >= 0.6 is 11.3 Å². The lowest BCUT2D eigenvalue weighted by molar-refractivity contribution is 0.103. The Labute approximate surface area is 171 Å². The van der Waals surface area contributed by atoms with Crippen LogP contribution in [0, 0.1) is 20.8 Å². The van der Waals surface area contributed by atoms with E-state index in [9.17, 15) is 4.79 Å². The molecule has 1 fully saturated rings. The van der Waals surface area contributed by atoms with Crippen LogP contribution in [-0.4, -0.2) is 19.0 Å². The van der Waals surface area contributed by atoms with Crippen molar-refractivity contribution in [1.29, 1.82) is 0 Å². The number of nitrogens with one attached hydrogen (secondary N) is 1. The number of carbonyl (C=O) groups excluding carboxylic acids is 1. The second-order valence-electron chi connectivity index (χ2n) is 7.54. The summed E-state index contributed by atoms with van der Waals surface area (Å²) in [6.45, 7) is 8.58. The largest absolute Gasteiger partial charge is 0.371 e. The Morgan fingerprint density at radius 3 is 2.43 bits per heavy atom. The van der Waals surface area contributed by atoms with Gasteiger partial charge < -0.3 is 10.2 Å². The van der Waals surface area contributed by atoms with Gasteiger partial charge in [0, 0.05) is 30.0 Å². The van der Waals surface area contributed by atoms with E-state index in [2.05, 4.69) is 37.1 Å². The van der Waals surface area contributed by atoms with Crippen molar-refractivity contribution < 1.29 is 4.79 Å². The van der Waals surface area contributed by atoms with Gasteiger partial charge in [0.15, 0.2) is 0 Å². The summed E-state index contributed by atoms with van der Waals surface area (Å²) in [5.74, 6) is -0.0312. The van der Waals surface area contributed by atoms with Gasteiger partial charge in [-0.05, 0) is 67.3 Å². The third-order valence-corrected chi connectivity index (χ3v) is 6.46. The lowest BCUT2D eigenvalue weighted by atomic mass is 10.0. The maximum Gasteiger partial charge on any atom is 0.266 e. The van der Waals surface area contributed by atoms with Crippen LogP contribution in [0.1, 0.15) is 39.2 Å². The number of rotatable bonds is 4. The fourth-order valence-corrected chi connectivity index (χ4v) is 5.11. The average molecular weight is 391 g/mol. The van der Waals surface area contributed by atoms with E-state index in [0.717, 1.165) is 40.3 Å². The third kappa shape index (κ3) is 3.45. The molecule has 3 nitrogen and oxygen atoms in total. The highest BCUT2D eigenvalue weighted by molar-refractivity contribution is 7.12. The van der Waals surface area contributed by atoms with E-state index in [4.69, 9.17) is 0 Å². The quantitative estimate of drug-likeness (QED) is 0.576. The zero-order valence-corrected chi connectivity index (χ0v) is 17.5. The molecule has 1 aliphatic rings. The highest BCUT2D eigenvalue weighted by Crippen LogP contribution is 2.36. The van der Waals surface area contributed by atoms with Gasteiger partial charge in [0.2, 0.25) is 0 Å². The third-order valence-electron chi connectivity index (χ3n) is 5.55. The number of benzene rings is 2. The molecule has 2 aromatic carbocycles. The first-order valence-electron chi connectivity index (χ1n) is 9.86. The summed E-state index contributed by atoms with van der Waals surface area (Å²) in [7, 11) is 0. The predicted molar refractivity (Wildman–Crippen MR) is 120 cm³/mol. The number of carbonyl (C=O) groups is 1. The SMILES string of the molecule is Cc1cc(C)c(N2CCCC2)c(C)c1NC(=O)c1sccc1-c1ccccc1. The van der Waals surface area contributed by atoms with Gasteiger partial charge in [0.1, 0.15) is 0 Å². The zero-order valence-electron chi connectivity index (χ0n) is 16.7. The lowest BCUT2D eigenvalue weighted by Gasteiger charge is -2.26. The molecule has 0 bridgehead atoms. The van der Waals surface area contributed by atoms with E-state index in [1.165, 1.54) is 41.0 Å². The molecule has 1 N–H and O–H groups in total. The van der Waals surface area contributed by atoms with Crippen molar-refractivity contribution >= 4 is 28.6 Å². The van der Waals surface area contributed by atoms with Gasteiger partial charge in [-0.25, -0.2) is 0 Å². The number of aryl methyl sites for hydroxylation is 2. The molecule has 4 heteroatoms. The summed E-state index contributed by atoms with van der Waals surface area (Å²) in [4.78, 5) is 16.4. The number of hydrogen-bond donors (Lipinski definition) is 1. The van der Waals surface area contributed by atoms with Crippen molar-refractivity contribution in [2.45, 2.75) is 33.6 Å². The van der Waals surface area contributed by atoms with Crippen molar-refractivity contribution in [1.82, 2.24) is 0 Å². The van der Waals surface area contributed by atoms with Gasteiger partial charge in [-0.15, -0.1) is 11.3 Å². The molecule has 0 saturated carbocycles. The van der Waals surface area contributed by atoms with Crippen LogP contribution in [0.2, 0.25) is 0 Å². The van der Waals surface area contributed by atoms with Crippen LogP contribution in [0.25, 0.3) is 11.1 Å². The number of thiophene rings is 1. The molecule has 0 aliphatic carbocycles. The Kier molecular flexibility index (Phi) is 5.23. The van der Waals surface area contributed by atoms with Gasteiger partial charge in [-0.2, -0.15) is 0 Å². The van der Waals surface area contributed by atoms with Crippen molar-refractivity contribution in [2.24, 2.45) is 0 Å². The van der Waals surface area contributed by atoms with Gasteiger partial charge in [0.25, 0.3) is 5.91 Å². The van der Waals surface area contributed by atoms with Crippen LogP contribution in [0.3, 0.4) is 0 Å². The van der Waals surface area contributed by atoms with Gasteiger partial charge in [-0.1, -0.05) is 36.4 Å². The lowest BCUT2D eigenvalue weighted by Crippen LogP contribution is -2.21. The summed E-state index contributed by atoms with van der Waals surface area (Å²) in [5, 5.41) is 5.21. The summed E-state index contributed by atoms with van der Waals surface area (Å²) in [5.41, 5.74) is 7.87. The van der Waals surface area contributed by atoms with Crippen LogP contribution in [0.5, 0.6) is 0 Å². The molecule has 1 aliphatic heterocycles. The summed E-state index contributed by atoms with van der Waals surface area (Å²) in [6, 6.07) is 14.3. The second kappa shape index (κ2) is 7.80. The minimum absolute atomic E-state index is 0.0312. The van der Waals surface area contributed by atoms with Gasteiger partial charge >= 0.3 is 0 Å². The molecule has 0 unspecified atom stereocenters. The Hall–Kier alpha value is -2.59. The fraction of sp³-hybridized carbons (Fsp3) is 0.292. The Balaban J connectivity index is 1.68. The van der Waals surface area contributed by atoms with E-state index < -0.39 is 0 Å². The molecule has 0 atom stereocenters. The molecule has 0 spiro atoms. The van der Waals surface area contributed by atoms with Gasteiger partial charge in [-0.3, -0.25) is 4.79 Å². The molecular formula is C24H26N2OS. The van der Waals surface area contributed by atoms with Crippen molar-refractivity contribution in [2.75, 3.05) is 23.3 Å². The minimum atomic E-state index is -0.0312. The summed E-state index contributed by atoms with van der Waals surface area (Å²) < 4.78 is 0. The first-order valence-corrected chi connectivity index (χ1v) is 10.7. The maximum absolute atomic E-state index is 13.2. The monoisotopic (exact) mass is 390 g/mol. The molecule has 3 aromatic rings. The van der Waals surface area contributed by atoms with E-state index in [-0.39, 0.29) is 5.91 Å². The molecular weight excluding hydrogens is 364 g/mol. The van der Waals surface area contributed by atoms with Crippen molar-refractivity contribution in [3.63, 3.8) is 0 Å². The summed E-state index contributed by atoms with van der Waals surface area (Å²) >= 11 is 1.49. The molecule has 1 aromatic heterocycles. The molecule has 1 amide bonds. The molecule has 144 valence electrons. The number of amides is 1. The normalized spacial score (nSPS) is 13.8. The fourth-order valence-electron chi connectivity index (χ4n) is 4.30. The Morgan fingerprint density at radius 2 is 1.71 bits per heavy atom. The van der Waals surface area contributed by atoms with Crippen molar-refractivity contribution in [3.05, 3.63) is 69.4 Å². The molecule has 2 heterocycles. The van der Waals surface area contributed by atoms with E-state index in [1.807, 2.05) is 41.8 Å². The van der Waals surface area contributed by atoms with Gasteiger partial charge in [0.05, 0.1) is 4.88 Å². The van der Waals surface area contributed by atoms with E-state index >= 15 is 0 Å². The molecule has 0 radical (unpaired) electrons. The summed E-state index contributed by atoms with van der Waals surface area (Å²) in [6.07, 6.45) is 2.48. The molecule has 28 heavy (non-hydrogen) atoms. The number of anilines is 2. The average Bonchev–Trinajstić information content (AvgIpc) is 3.37. The maximum atomic E-state index is 13.2. The van der Waals surface area contributed by atoms with E-state index in [0.29, 0.717) is 0 Å². The standard InChI is InChI=1S/C24H26N2OS/c1-16-15-17(2)22(26-12-7-8-13-26)18(3)21(16)25-24(27)23-20(11-14-28-23)19-9-5-4-6-10-19/h4-6,9-11,14-15H,7-8,12-13H2,1-3H3,(H,25,27). The number of hydrogen-bond acceptors (Lipinski definition) is 3. The van der Waals surface area contributed by atoms with Crippen LogP contribution in [0.4, 0.5) is 11.4 Å². The topological polar surface area (TPSA) is 32.3 Å². The van der Waals surface area contributed by atoms with Crippen molar-refractivity contribution in [3.8, 4) is 11.1 Å². The first-order chi connectivity index (χ1) is 13.6. The Bertz CT molecular complexity index is 1000. The predicted octanol–water partition coefficient (Wildman–Crippen LogP) is 6.19. The second-order valence-corrected chi connectivity index (χ2v) is 8.45.